The Balaban J connectivity index is 1.73. The molecule has 2 fully saturated rings. The maximum Gasteiger partial charge on any atom is 0.255 e. The van der Waals surface area contributed by atoms with Crippen molar-refractivity contribution in [3.8, 4) is 0 Å². The Labute approximate surface area is 132 Å². The summed E-state index contributed by atoms with van der Waals surface area (Å²) in [5.41, 5.74) is 0.691. The number of carbonyl (C=O) groups excluding carboxylic acids is 1. The zero-order chi connectivity index (χ0) is 15.4. The maximum atomic E-state index is 12.8. The number of pyridine rings is 1. The van der Waals surface area contributed by atoms with Gasteiger partial charge >= 0.3 is 0 Å². The van der Waals surface area contributed by atoms with E-state index in [1.54, 1.807) is 6.20 Å². The van der Waals surface area contributed by atoms with Gasteiger partial charge in [-0.1, -0.05) is 18.9 Å². The number of carbonyl (C=O) groups is 1. The molecule has 0 aromatic carbocycles. The second-order valence-corrected chi connectivity index (χ2v) is 6.28. The molecule has 0 atom stereocenters. The summed E-state index contributed by atoms with van der Waals surface area (Å²) >= 11 is 0. The molecule has 1 saturated heterocycles. The zero-order valence-corrected chi connectivity index (χ0v) is 13.2. The van der Waals surface area contributed by atoms with Gasteiger partial charge in [-0.05, 0) is 37.8 Å². The molecule has 2 heterocycles. The monoisotopic (exact) mass is 299 g/mol. The lowest BCUT2D eigenvalue weighted by Crippen LogP contribution is -2.39. The molecule has 4 nitrogen and oxygen atoms in total. The molecule has 118 valence electrons. The van der Waals surface area contributed by atoms with E-state index in [1.807, 2.05) is 23.1 Å². The molecule has 0 N–H and O–H groups in total. The van der Waals surface area contributed by atoms with Crippen LogP contribution in [0.25, 0.3) is 0 Å². The van der Waals surface area contributed by atoms with Crippen LogP contribution in [0.15, 0.2) is 31.0 Å². The maximum absolute atomic E-state index is 12.8. The minimum atomic E-state index is 0.0901. The second kappa shape index (κ2) is 6.95. The summed E-state index contributed by atoms with van der Waals surface area (Å²) in [6.45, 7) is 6.57. The SMILES string of the molecule is C=CCN(C(=O)c1ccc(N2CCCC2)nc1)C1CCCC1. The lowest BCUT2D eigenvalue weighted by molar-refractivity contribution is 0.0706. The second-order valence-electron chi connectivity index (χ2n) is 6.28. The lowest BCUT2D eigenvalue weighted by atomic mass is 10.1. The molecule has 0 unspecified atom stereocenters. The van der Waals surface area contributed by atoms with Crippen molar-refractivity contribution >= 4 is 11.7 Å². The fraction of sp³-hybridized carbons (Fsp3) is 0.556. The highest BCUT2D eigenvalue weighted by atomic mass is 16.2. The van der Waals surface area contributed by atoms with Gasteiger partial charge in [0, 0.05) is 31.9 Å². The summed E-state index contributed by atoms with van der Waals surface area (Å²) in [5, 5.41) is 0. The van der Waals surface area contributed by atoms with Gasteiger partial charge in [0.15, 0.2) is 0 Å². The van der Waals surface area contributed by atoms with E-state index in [1.165, 1.54) is 25.7 Å². The van der Waals surface area contributed by atoms with E-state index < -0.39 is 0 Å². The summed E-state index contributed by atoms with van der Waals surface area (Å²) in [5.74, 6) is 1.08. The average Bonchev–Trinajstić information content (AvgIpc) is 3.25. The van der Waals surface area contributed by atoms with Crippen LogP contribution in [0.2, 0.25) is 0 Å². The summed E-state index contributed by atoms with van der Waals surface area (Å²) in [7, 11) is 0. The first-order valence-electron chi connectivity index (χ1n) is 8.42. The average molecular weight is 299 g/mol. The van der Waals surface area contributed by atoms with Crippen LogP contribution in [-0.4, -0.2) is 41.5 Å². The van der Waals surface area contributed by atoms with Crippen LogP contribution in [0.5, 0.6) is 0 Å². The Kier molecular flexibility index (Phi) is 4.76. The van der Waals surface area contributed by atoms with Gasteiger partial charge in [-0.25, -0.2) is 4.98 Å². The number of amides is 1. The molecule has 0 bridgehead atoms. The first-order chi connectivity index (χ1) is 10.8. The van der Waals surface area contributed by atoms with Crippen molar-refractivity contribution in [2.75, 3.05) is 24.5 Å². The number of hydrogen-bond donors (Lipinski definition) is 0. The minimum absolute atomic E-state index is 0.0901. The summed E-state index contributed by atoms with van der Waals surface area (Å²) in [6, 6.07) is 4.27. The third-order valence-corrected chi connectivity index (χ3v) is 4.78. The lowest BCUT2D eigenvalue weighted by Gasteiger charge is -2.28. The van der Waals surface area contributed by atoms with Crippen molar-refractivity contribution in [1.82, 2.24) is 9.88 Å². The molecule has 2 aliphatic rings. The Morgan fingerprint density at radius 1 is 1.27 bits per heavy atom. The van der Waals surface area contributed by atoms with Crippen molar-refractivity contribution in [1.29, 1.82) is 0 Å². The molecule has 3 rings (SSSR count). The molecule has 1 aromatic rings. The number of rotatable bonds is 5. The third kappa shape index (κ3) is 3.16. The van der Waals surface area contributed by atoms with Crippen LogP contribution in [0.4, 0.5) is 5.82 Å². The Hall–Kier alpha value is -1.84. The van der Waals surface area contributed by atoms with Gasteiger partial charge in [0.2, 0.25) is 0 Å². The number of aromatic nitrogens is 1. The molecule has 1 amide bonds. The fourth-order valence-corrected chi connectivity index (χ4v) is 3.56. The molecule has 4 heteroatoms. The van der Waals surface area contributed by atoms with Gasteiger partial charge in [0.1, 0.15) is 5.82 Å². The van der Waals surface area contributed by atoms with Crippen LogP contribution in [0, 0.1) is 0 Å². The fourth-order valence-electron chi connectivity index (χ4n) is 3.56. The third-order valence-electron chi connectivity index (χ3n) is 4.78. The van der Waals surface area contributed by atoms with Gasteiger partial charge in [0.05, 0.1) is 5.56 Å². The van der Waals surface area contributed by atoms with E-state index in [4.69, 9.17) is 0 Å². The van der Waals surface area contributed by atoms with Crippen LogP contribution >= 0.6 is 0 Å². The summed E-state index contributed by atoms with van der Waals surface area (Å²) < 4.78 is 0. The van der Waals surface area contributed by atoms with Gasteiger partial charge in [-0.3, -0.25) is 4.79 Å². The Morgan fingerprint density at radius 3 is 2.59 bits per heavy atom. The van der Waals surface area contributed by atoms with E-state index in [0.717, 1.165) is 31.7 Å². The highest BCUT2D eigenvalue weighted by molar-refractivity contribution is 5.94. The van der Waals surface area contributed by atoms with Crippen molar-refractivity contribution in [3.05, 3.63) is 36.5 Å². The van der Waals surface area contributed by atoms with Crippen LogP contribution in [0.3, 0.4) is 0 Å². The van der Waals surface area contributed by atoms with Crippen LogP contribution in [-0.2, 0) is 0 Å². The zero-order valence-electron chi connectivity index (χ0n) is 13.2. The molecule has 1 aromatic heterocycles. The number of nitrogens with zero attached hydrogens (tertiary/aromatic N) is 3. The summed E-state index contributed by atoms with van der Waals surface area (Å²) in [6.07, 6.45) is 10.7. The largest absolute Gasteiger partial charge is 0.357 e. The van der Waals surface area contributed by atoms with E-state index in [2.05, 4.69) is 16.5 Å². The summed E-state index contributed by atoms with van der Waals surface area (Å²) in [4.78, 5) is 21.5. The Morgan fingerprint density at radius 2 is 2.00 bits per heavy atom. The normalized spacial score (nSPS) is 18.6. The van der Waals surface area contributed by atoms with E-state index in [0.29, 0.717) is 18.2 Å². The van der Waals surface area contributed by atoms with Gasteiger partial charge in [0.25, 0.3) is 5.91 Å². The predicted molar refractivity (Wildman–Crippen MR) is 89.2 cm³/mol. The first-order valence-corrected chi connectivity index (χ1v) is 8.42. The van der Waals surface area contributed by atoms with E-state index in [9.17, 15) is 4.79 Å². The minimum Gasteiger partial charge on any atom is -0.357 e. The Bertz CT molecular complexity index is 514. The molecular weight excluding hydrogens is 274 g/mol. The number of anilines is 1. The quantitative estimate of drug-likeness (QED) is 0.783. The first kappa shape index (κ1) is 15.1. The molecule has 0 spiro atoms. The molecular formula is C18H25N3O. The molecule has 0 radical (unpaired) electrons. The van der Waals surface area contributed by atoms with Gasteiger partial charge in [-0.15, -0.1) is 6.58 Å². The van der Waals surface area contributed by atoms with Crippen molar-refractivity contribution in [2.45, 2.75) is 44.6 Å². The highest BCUT2D eigenvalue weighted by Gasteiger charge is 2.26. The molecule has 1 saturated carbocycles. The van der Waals surface area contributed by atoms with Gasteiger partial charge in [-0.2, -0.15) is 0 Å². The van der Waals surface area contributed by atoms with Crippen molar-refractivity contribution < 1.29 is 4.79 Å². The van der Waals surface area contributed by atoms with Crippen molar-refractivity contribution in [2.24, 2.45) is 0 Å². The number of hydrogen-bond acceptors (Lipinski definition) is 3. The standard InChI is InChI=1S/C18H25N3O/c1-2-11-21(16-7-3-4-8-16)18(22)15-9-10-17(19-14-15)20-12-5-6-13-20/h2,9-10,14,16H,1,3-8,11-13H2. The van der Waals surface area contributed by atoms with Crippen molar-refractivity contribution in [3.63, 3.8) is 0 Å². The van der Waals surface area contributed by atoms with Crippen LogP contribution in [0.1, 0.15) is 48.9 Å². The predicted octanol–water partition coefficient (Wildman–Crippen LogP) is 3.25. The smallest absolute Gasteiger partial charge is 0.255 e. The molecule has 1 aliphatic heterocycles. The van der Waals surface area contributed by atoms with Crippen LogP contribution < -0.4 is 4.90 Å². The van der Waals surface area contributed by atoms with E-state index in [-0.39, 0.29) is 5.91 Å². The molecule has 1 aliphatic carbocycles. The highest BCUT2D eigenvalue weighted by Crippen LogP contribution is 2.25. The van der Waals surface area contributed by atoms with E-state index >= 15 is 0 Å². The molecule has 22 heavy (non-hydrogen) atoms. The topological polar surface area (TPSA) is 36.4 Å². The van der Waals surface area contributed by atoms with Gasteiger partial charge < -0.3 is 9.80 Å².